The SMILES string of the molecule is CN(c1ncc2ccccc2n1)C1CNC1. The van der Waals surface area contributed by atoms with E-state index in [1.165, 1.54) is 0 Å². The first-order valence-electron chi connectivity index (χ1n) is 5.50. The van der Waals surface area contributed by atoms with Gasteiger partial charge in [-0.2, -0.15) is 0 Å². The van der Waals surface area contributed by atoms with E-state index in [-0.39, 0.29) is 0 Å². The Morgan fingerprint density at radius 2 is 2.12 bits per heavy atom. The number of aromatic nitrogens is 2. The number of hydrogen-bond donors (Lipinski definition) is 1. The summed E-state index contributed by atoms with van der Waals surface area (Å²) in [5.74, 6) is 0.810. The van der Waals surface area contributed by atoms with E-state index in [0.717, 1.165) is 29.9 Å². The summed E-state index contributed by atoms with van der Waals surface area (Å²) in [7, 11) is 2.05. The van der Waals surface area contributed by atoms with Gasteiger partial charge in [0, 0.05) is 31.7 Å². The van der Waals surface area contributed by atoms with E-state index in [1.807, 2.05) is 30.5 Å². The zero-order valence-electron chi connectivity index (χ0n) is 9.22. The number of fused-ring (bicyclic) bond motifs is 1. The molecule has 16 heavy (non-hydrogen) atoms. The van der Waals surface area contributed by atoms with Crippen LogP contribution in [-0.2, 0) is 0 Å². The van der Waals surface area contributed by atoms with Crippen molar-refractivity contribution < 1.29 is 0 Å². The molecule has 0 saturated carbocycles. The van der Waals surface area contributed by atoms with Gasteiger partial charge in [0.15, 0.2) is 0 Å². The van der Waals surface area contributed by atoms with Gasteiger partial charge < -0.3 is 10.2 Å². The Balaban J connectivity index is 1.97. The fourth-order valence-corrected chi connectivity index (χ4v) is 1.84. The minimum absolute atomic E-state index is 0.529. The summed E-state index contributed by atoms with van der Waals surface area (Å²) < 4.78 is 0. The summed E-state index contributed by atoms with van der Waals surface area (Å²) in [6.07, 6.45) is 1.89. The van der Waals surface area contributed by atoms with Gasteiger partial charge in [0.05, 0.1) is 11.6 Å². The smallest absolute Gasteiger partial charge is 0.225 e. The molecule has 4 heteroatoms. The van der Waals surface area contributed by atoms with E-state index < -0.39 is 0 Å². The molecule has 2 aromatic rings. The Hall–Kier alpha value is -1.68. The fraction of sp³-hybridized carbons (Fsp3) is 0.333. The number of nitrogens with one attached hydrogen (secondary N) is 1. The lowest BCUT2D eigenvalue weighted by atomic mass is 10.1. The van der Waals surface area contributed by atoms with Crippen LogP contribution >= 0.6 is 0 Å². The van der Waals surface area contributed by atoms with E-state index in [4.69, 9.17) is 0 Å². The molecular weight excluding hydrogens is 200 g/mol. The summed E-state index contributed by atoms with van der Waals surface area (Å²) in [6, 6.07) is 8.59. The van der Waals surface area contributed by atoms with Gasteiger partial charge in [0.2, 0.25) is 5.95 Å². The largest absolute Gasteiger partial charge is 0.338 e. The maximum atomic E-state index is 4.57. The van der Waals surface area contributed by atoms with E-state index >= 15 is 0 Å². The molecule has 0 atom stereocenters. The second-order valence-electron chi connectivity index (χ2n) is 4.15. The van der Waals surface area contributed by atoms with E-state index in [9.17, 15) is 0 Å². The van der Waals surface area contributed by atoms with Crippen LogP contribution in [0.15, 0.2) is 30.5 Å². The third kappa shape index (κ3) is 1.51. The first-order chi connectivity index (χ1) is 7.84. The maximum absolute atomic E-state index is 4.57. The van der Waals surface area contributed by atoms with Gasteiger partial charge in [0.25, 0.3) is 0 Å². The molecule has 4 nitrogen and oxygen atoms in total. The molecule has 0 bridgehead atoms. The van der Waals surface area contributed by atoms with Crippen LogP contribution in [0.2, 0.25) is 0 Å². The molecule has 1 saturated heterocycles. The highest BCUT2D eigenvalue weighted by Gasteiger charge is 2.23. The van der Waals surface area contributed by atoms with Crippen LogP contribution in [0.25, 0.3) is 10.9 Å². The highest BCUT2D eigenvalue weighted by molar-refractivity contribution is 5.78. The van der Waals surface area contributed by atoms with Crippen LogP contribution in [0.3, 0.4) is 0 Å². The zero-order valence-corrected chi connectivity index (χ0v) is 9.22. The number of rotatable bonds is 2. The topological polar surface area (TPSA) is 41.1 Å². The number of benzene rings is 1. The summed E-state index contributed by atoms with van der Waals surface area (Å²) in [5.41, 5.74) is 1.01. The Morgan fingerprint density at radius 3 is 2.88 bits per heavy atom. The number of hydrogen-bond acceptors (Lipinski definition) is 4. The van der Waals surface area contributed by atoms with Crippen molar-refractivity contribution in [2.24, 2.45) is 0 Å². The molecular formula is C12H14N4. The van der Waals surface area contributed by atoms with Gasteiger partial charge >= 0.3 is 0 Å². The van der Waals surface area contributed by atoms with Gasteiger partial charge in [-0.25, -0.2) is 9.97 Å². The van der Waals surface area contributed by atoms with Gasteiger partial charge in [0.1, 0.15) is 0 Å². The molecule has 1 aliphatic heterocycles. The van der Waals surface area contributed by atoms with E-state index in [1.54, 1.807) is 0 Å². The van der Waals surface area contributed by atoms with Gasteiger partial charge in [-0.15, -0.1) is 0 Å². The van der Waals surface area contributed by atoms with Gasteiger partial charge in [-0.1, -0.05) is 18.2 Å². The molecule has 0 radical (unpaired) electrons. The average Bonchev–Trinajstić information content (AvgIpc) is 2.26. The number of anilines is 1. The lowest BCUT2D eigenvalue weighted by Crippen LogP contribution is -2.56. The van der Waals surface area contributed by atoms with Crippen molar-refractivity contribution >= 4 is 16.9 Å². The van der Waals surface area contributed by atoms with Crippen molar-refractivity contribution in [2.45, 2.75) is 6.04 Å². The average molecular weight is 214 g/mol. The van der Waals surface area contributed by atoms with Crippen LogP contribution in [0.5, 0.6) is 0 Å². The lowest BCUT2D eigenvalue weighted by molar-refractivity contribution is 0.425. The van der Waals surface area contributed by atoms with Crippen LogP contribution in [-0.4, -0.2) is 36.1 Å². The summed E-state index contributed by atoms with van der Waals surface area (Å²) in [6.45, 7) is 2.04. The number of nitrogens with zero attached hydrogens (tertiary/aromatic N) is 3. The molecule has 0 spiro atoms. The highest BCUT2D eigenvalue weighted by Crippen LogP contribution is 2.16. The third-order valence-corrected chi connectivity index (χ3v) is 3.10. The fourth-order valence-electron chi connectivity index (χ4n) is 1.84. The van der Waals surface area contributed by atoms with Crippen LogP contribution < -0.4 is 10.2 Å². The van der Waals surface area contributed by atoms with Crippen LogP contribution in [0, 0.1) is 0 Å². The third-order valence-electron chi connectivity index (χ3n) is 3.10. The molecule has 0 amide bonds. The molecule has 1 aromatic heterocycles. The van der Waals surface area contributed by atoms with Crippen molar-refractivity contribution in [3.8, 4) is 0 Å². The Labute approximate surface area is 94.3 Å². The number of likely N-dealkylation sites (N-methyl/N-ethyl adjacent to an activating group) is 1. The summed E-state index contributed by atoms with van der Waals surface area (Å²) in [4.78, 5) is 11.1. The summed E-state index contributed by atoms with van der Waals surface area (Å²) >= 11 is 0. The first-order valence-corrected chi connectivity index (χ1v) is 5.50. The standard InChI is InChI=1S/C12H14N4/c1-16(10-7-13-8-10)12-14-6-9-4-2-3-5-11(9)15-12/h2-6,10,13H,7-8H2,1H3. The molecule has 0 unspecified atom stereocenters. The van der Waals surface area contributed by atoms with E-state index in [2.05, 4.69) is 27.2 Å². The van der Waals surface area contributed by atoms with Gasteiger partial charge in [-0.05, 0) is 6.07 Å². The Kier molecular flexibility index (Phi) is 2.22. The Bertz CT molecular complexity index is 507. The molecule has 1 aromatic carbocycles. The predicted molar refractivity (Wildman–Crippen MR) is 64.6 cm³/mol. The molecule has 1 aliphatic rings. The van der Waals surface area contributed by atoms with Crippen molar-refractivity contribution in [1.29, 1.82) is 0 Å². The van der Waals surface area contributed by atoms with Crippen LogP contribution in [0.4, 0.5) is 5.95 Å². The minimum Gasteiger partial charge on any atom is -0.338 e. The summed E-state index contributed by atoms with van der Waals surface area (Å²) in [5, 5.41) is 4.34. The normalized spacial score (nSPS) is 16.1. The van der Waals surface area contributed by atoms with Crippen molar-refractivity contribution in [3.63, 3.8) is 0 Å². The predicted octanol–water partition coefficient (Wildman–Crippen LogP) is 1.04. The van der Waals surface area contributed by atoms with Crippen molar-refractivity contribution in [2.75, 3.05) is 25.0 Å². The van der Waals surface area contributed by atoms with Crippen molar-refractivity contribution in [3.05, 3.63) is 30.5 Å². The monoisotopic (exact) mass is 214 g/mol. The molecule has 0 aliphatic carbocycles. The van der Waals surface area contributed by atoms with Gasteiger partial charge in [-0.3, -0.25) is 0 Å². The Morgan fingerprint density at radius 1 is 1.31 bits per heavy atom. The van der Waals surface area contributed by atoms with E-state index in [0.29, 0.717) is 6.04 Å². The first kappa shape index (κ1) is 9.54. The molecule has 3 rings (SSSR count). The molecule has 2 heterocycles. The zero-order chi connectivity index (χ0) is 11.0. The second kappa shape index (κ2) is 3.72. The minimum atomic E-state index is 0.529. The second-order valence-corrected chi connectivity index (χ2v) is 4.15. The molecule has 82 valence electrons. The maximum Gasteiger partial charge on any atom is 0.225 e. The molecule has 1 N–H and O–H groups in total. The molecule has 1 fully saturated rings. The number of para-hydroxylation sites is 1. The lowest BCUT2D eigenvalue weighted by Gasteiger charge is -2.35. The van der Waals surface area contributed by atoms with Crippen molar-refractivity contribution in [1.82, 2.24) is 15.3 Å². The highest BCUT2D eigenvalue weighted by atomic mass is 15.3. The quantitative estimate of drug-likeness (QED) is 0.811. The van der Waals surface area contributed by atoms with Crippen LogP contribution in [0.1, 0.15) is 0 Å².